The molecule has 0 amide bonds. The first kappa shape index (κ1) is 13.0. The zero-order valence-corrected chi connectivity index (χ0v) is 9.36. The molecule has 1 aromatic carbocycles. The highest BCUT2D eigenvalue weighted by atomic mass is 35.5. The highest BCUT2D eigenvalue weighted by molar-refractivity contribution is 5.85. The average Bonchev–Trinajstić information content (AvgIpc) is 2.04. The Kier molecular flexibility index (Phi) is 5.97. The lowest BCUT2D eigenvalue weighted by Gasteiger charge is -2.05. The topological polar surface area (TPSA) is 33.1 Å². The van der Waals surface area contributed by atoms with Gasteiger partial charge in [0, 0.05) is 6.42 Å². The molecular formula is C11H16ClNO. The number of ether oxygens (including phenoxy) is 1. The van der Waals surface area contributed by atoms with Crippen LogP contribution >= 0.6 is 12.4 Å². The molecule has 78 valence electrons. The van der Waals surface area contributed by atoms with Crippen LogP contribution in [-0.2, 0) is 11.2 Å². The quantitative estimate of drug-likeness (QED) is 0.608. The van der Waals surface area contributed by atoms with E-state index in [9.17, 15) is 0 Å². The van der Waals surface area contributed by atoms with Crippen LogP contribution in [0, 0.1) is 12.3 Å². The average molecular weight is 214 g/mol. The van der Waals surface area contributed by atoms with Crippen molar-refractivity contribution in [3.63, 3.8) is 0 Å². The Morgan fingerprint density at radius 3 is 2.71 bits per heavy atom. The number of rotatable bonds is 3. The summed E-state index contributed by atoms with van der Waals surface area (Å²) in [6.45, 7) is 4.52. The fourth-order valence-electron chi connectivity index (χ4n) is 1.23. The van der Waals surface area contributed by atoms with Crippen LogP contribution in [0.2, 0.25) is 0 Å². The number of hydrogen-bond donors (Lipinski definition) is 1. The number of nitrogens with one attached hydrogen (secondary N) is 1. The summed E-state index contributed by atoms with van der Waals surface area (Å²) in [4.78, 5) is 0. The third-order valence-electron chi connectivity index (χ3n) is 1.77. The Morgan fingerprint density at radius 1 is 1.43 bits per heavy atom. The van der Waals surface area contributed by atoms with Gasteiger partial charge in [-0.2, -0.15) is 0 Å². The molecule has 0 aromatic heterocycles. The smallest absolute Gasteiger partial charge is 0.184 e. The monoisotopic (exact) mass is 213 g/mol. The number of aryl methyl sites for hydroxylation is 1. The molecule has 2 nitrogen and oxygen atoms in total. The van der Waals surface area contributed by atoms with Crippen molar-refractivity contribution in [2.24, 2.45) is 0 Å². The van der Waals surface area contributed by atoms with Crippen LogP contribution in [0.5, 0.6) is 0 Å². The van der Waals surface area contributed by atoms with E-state index in [1.165, 1.54) is 5.56 Å². The van der Waals surface area contributed by atoms with Crippen molar-refractivity contribution < 1.29 is 4.74 Å². The Balaban J connectivity index is 0.00000169. The molecule has 0 spiro atoms. The molecule has 0 unspecified atom stereocenters. The van der Waals surface area contributed by atoms with Gasteiger partial charge in [-0.25, -0.2) is 0 Å². The normalized spacial score (nSPS) is 9.00. The van der Waals surface area contributed by atoms with E-state index in [-0.39, 0.29) is 12.4 Å². The largest absolute Gasteiger partial charge is 0.481 e. The van der Waals surface area contributed by atoms with Gasteiger partial charge in [0.05, 0.1) is 6.61 Å². The van der Waals surface area contributed by atoms with E-state index >= 15 is 0 Å². The lowest BCUT2D eigenvalue weighted by atomic mass is 10.1. The van der Waals surface area contributed by atoms with Crippen LogP contribution in [-0.4, -0.2) is 12.5 Å². The van der Waals surface area contributed by atoms with Crippen LogP contribution in [0.25, 0.3) is 0 Å². The molecule has 0 aliphatic rings. The molecule has 1 N–H and O–H groups in total. The lowest BCUT2D eigenvalue weighted by molar-refractivity contribution is 0.317. The summed E-state index contributed by atoms with van der Waals surface area (Å²) in [5.41, 5.74) is 2.36. The summed E-state index contributed by atoms with van der Waals surface area (Å²) in [6.07, 6.45) is 0.593. The molecule has 1 rings (SSSR count). The van der Waals surface area contributed by atoms with Crippen LogP contribution in [0.1, 0.15) is 18.1 Å². The molecule has 0 fully saturated rings. The third-order valence-corrected chi connectivity index (χ3v) is 1.77. The molecular weight excluding hydrogens is 198 g/mol. The predicted octanol–water partition coefficient (Wildman–Crippen LogP) is 2.97. The van der Waals surface area contributed by atoms with Crippen LogP contribution in [0.4, 0.5) is 0 Å². The minimum absolute atomic E-state index is 0. The summed E-state index contributed by atoms with van der Waals surface area (Å²) in [6, 6.07) is 8.14. The van der Waals surface area contributed by atoms with E-state index in [4.69, 9.17) is 10.1 Å². The molecule has 14 heavy (non-hydrogen) atoms. The maximum atomic E-state index is 7.47. The Morgan fingerprint density at radius 2 is 2.14 bits per heavy atom. The predicted molar refractivity (Wildman–Crippen MR) is 61.5 cm³/mol. The molecule has 0 aliphatic carbocycles. The van der Waals surface area contributed by atoms with Crippen molar-refractivity contribution in [1.29, 1.82) is 5.41 Å². The maximum absolute atomic E-state index is 7.47. The highest BCUT2D eigenvalue weighted by Crippen LogP contribution is 2.05. The second kappa shape index (κ2) is 6.44. The molecule has 0 atom stereocenters. The molecule has 0 heterocycles. The van der Waals surface area contributed by atoms with Crippen molar-refractivity contribution in [3.05, 3.63) is 35.4 Å². The van der Waals surface area contributed by atoms with Gasteiger partial charge in [0.2, 0.25) is 0 Å². The highest BCUT2D eigenvalue weighted by Gasteiger charge is 1.99. The number of hydrogen-bond acceptors (Lipinski definition) is 2. The van der Waals surface area contributed by atoms with Crippen LogP contribution in [0.3, 0.4) is 0 Å². The van der Waals surface area contributed by atoms with Gasteiger partial charge < -0.3 is 4.74 Å². The van der Waals surface area contributed by atoms with Crippen LogP contribution < -0.4 is 0 Å². The molecule has 0 radical (unpaired) electrons. The zero-order chi connectivity index (χ0) is 9.68. The van der Waals surface area contributed by atoms with Gasteiger partial charge in [-0.3, -0.25) is 5.41 Å². The fraction of sp³-hybridized carbons (Fsp3) is 0.364. The van der Waals surface area contributed by atoms with E-state index < -0.39 is 0 Å². The van der Waals surface area contributed by atoms with Gasteiger partial charge in [-0.1, -0.05) is 29.8 Å². The Hall–Kier alpha value is -1.02. The second-order valence-electron chi connectivity index (χ2n) is 3.02. The molecule has 1 aromatic rings. The van der Waals surface area contributed by atoms with E-state index in [1.54, 1.807) is 0 Å². The molecule has 3 heteroatoms. The first-order valence-electron chi connectivity index (χ1n) is 4.48. The molecule has 0 saturated heterocycles. The van der Waals surface area contributed by atoms with Crippen molar-refractivity contribution >= 4 is 18.3 Å². The second-order valence-corrected chi connectivity index (χ2v) is 3.02. The molecule has 0 aliphatic heterocycles. The Labute approximate surface area is 91.2 Å². The minimum atomic E-state index is 0. The standard InChI is InChI=1S/C11H15NO.ClH/c1-3-13-11(12)8-10-6-4-5-9(2)7-10;/h4-7,12H,3,8H2,1-2H3;1H. The van der Waals surface area contributed by atoms with E-state index in [1.807, 2.05) is 32.0 Å². The summed E-state index contributed by atoms with van der Waals surface area (Å²) in [5.74, 6) is 0.341. The third kappa shape index (κ3) is 4.28. The van der Waals surface area contributed by atoms with Crippen molar-refractivity contribution in [1.82, 2.24) is 0 Å². The molecule has 0 bridgehead atoms. The number of benzene rings is 1. The van der Waals surface area contributed by atoms with Gasteiger partial charge >= 0.3 is 0 Å². The summed E-state index contributed by atoms with van der Waals surface area (Å²) < 4.78 is 5.07. The minimum Gasteiger partial charge on any atom is -0.481 e. The summed E-state index contributed by atoms with van der Waals surface area (Å²) >= 11 is 0. The van der Waals surface area contributed by atoms with E-state index in [0.717, 1.165) is 5.56 Å². The van der Waals surface area contributed by atoms with E-state index in [0.29, 0.717) is 18.9 Å². The fourth-order valence-corrected chi connectivity index (χ4v) is 1.23. The van der Waals surface area contributed by atoms with Crippen molar-refractivity contribution in [2.75, 3.05) is 6.61 Å². The van der Waals surface area contributed by atoms with Crippen molar-refractivity contribution in [2.45, 2.75) is 20.3 Å². The number of halogens is 1. The van der Waals surface area contributed by atoms with E-state index in [2.05, 4.69) is 6.07 Å². The van der Waals surface area contributed by atoms with Gasteiger partial charge in [0.1, 0.15) is 0 Å². The van der Waals surface area contributed by atoms with Crippen LogP contribution in [0.15, 0.2) is 24.3 Å². The zero-order valence-electron chi connectivity index (χ0n) is 8.54. The molecule has 0 saturated carbocycles. The van der Waals surface area contributed by atoms with Crippen molar-refractivity contribution in [3.8, 4) is 0 Å². The summed E-state index contributed by atoms with van der Waals surface area (Å²) in [7, 11) is 0. The van der Waals surface area contributed by atoms with Gasteiger partial charge in [0.25, 0.3) is 0 Å². The SMILES string of the molecule is CCOC(=N)Cc1cccc(C)c1.Cl. The Bertz CT molecular complexity index is 299. The first-order valence-corrected chi connectivity index (χ1v) is 4.48. The van der Waals surface area contributed by atoms with Gasteiger partial charge in [-0.05, 0) is 19.4 Å². The lowest BCUT2D eigenvalue weighted by Crippen LogP contribution is -2.06. The maximum Gasteiger partial charge on any atom is 0.184 e. The van der Waals surface area contributed by atoms with Gasteiger partial charge in [0.15, 0.2) is 5.90 Å². The van der Waals surface area contributed by atoms with Gasteiger partial charge in [-0.15, -0.1) is 12.4 Å². The summed E-state index contributed by atoms with van der Waals surface area (Å²) in [5, 5.41) is 7.47. The first-order chi connectivity index (χ1) is 6.22.